The number of aliphatic hydroxyl groups is 1. The van der Waals surface area contributed by atoms with E-state index in [9.17, 15) is 9.90 Å². The molecule has 1 saturated heterocycles. The Kier molecular flexibility index (Phi) is 4.02. The largest absolute Gasteiger partial charge is 0.444 e. The van der Waals surface area contributed by atoms with Crippen molar-refractivity contribution < 1.29 is 14.6 Å². The lowest BCUT2D eigenvalue weighted by Crippen LogP contribution is -2.39. The molecule has 1 aliphatic carbocycles. The Balaban J connectivity index is 1.77. The minimum Gasteiger partial charge on any atom is -0.444 e. The molecule has 1 amide bonds. The highest BCUT2D eigenvalue weighted by Gasteiger charge is 2.53. The normalized spacial score (nSPS) is 31.4. The van der Waals surface area contributed by atoms with Crippen molar-refractivity contribution in [1.82, 2.24) is 9.88 Å². The molecule has 0 radical (unpaired) electrons. The maximum absolute atomic E-state index is 12.4. The molecule has 2 fully saturated rings. The van der Waals surface area contributed by atoms with Crippen LogP contribution in [0.4, 0.5) is 4.79 Å². The van der Waals surface area contributed by atoms with Gasteiger partial charge in [0.15, 0.2) is 0 Å². The number of nitrogens with zero attached hydrogens (tertiary/aromatic N) is 2. The van der Waals surface area contributed by atoms with Gasteiger partial charge in [-0.1, -0.05) is 0 Å². The molecule has 1 aromatic rings. The number of carbonyl (C=O) groups excluding carboxylic acids is 1. The molecule has 122 valence electrons. The Morgan fingerprint density at radius 2 is 2.32 bits per heavy atom. The van der Waals surface area contributed by atoms with E-state index < -0.39 is 11.2 Å². The van der Waals surface area contributed by atoms with Gasteiger partial charge in [0.1, 0.15) is 20.8 Å². The first-order valence-corrected chi connectivity index (χ1v) is 9.20. The molecule has 3 unspecified atom stereocenters. The number of hydrogen-bond donors (Lipinski definition) is 1. The molecule has 22 heavy (non-hydrogen) atoms. The summed E-state index contributed by atoms with van der Waals surface area (Å²) in [7, 11) is 0. The quantitative estimate of drug-likeness (QED) is 0.799. The van der Waals surface area contributed by atoms with Crippen molar-refractivity contribution in [2.75, 3.05) is 6.54 Å². The molecule has 2 aliphatic rings. The predicted molar refractivity (Wildman–Crippen MR) is 87.8 cm³/mol. The summed E-state index contributed by atoms with van der Waals surface area (Å²) in [5.41, 5.74) is -1.42. The maximum atomic E-state index is 12.4. The van der Waals surface area contributed by atoms with Gasteiger partial charge in [-0.05, 0) is 56.0 Å². The number of amides is 1. The van der Waals surface area contributed by atoms with Crippen LogP contribution in [0.5, 0.6) is 0 Å². The van der Waals surface area contributed by atoms with Gasteiger partial charge in [-0.25, -0.2) is 9.78 Å². The van der Waals surface area contributed by atoms with Gasteiger partial charge < -0.3 is 14.7 Å². The van der Waals surface area contributed by atoms with E-state index in [0.717, 1.165) is 22.5 Å². The van der Waals surface area contributed by atoms with Gasteiger partial charge in [-0.2, -0.15) is 0 Å². The second-order valence-electron chi connectivity index (χ2n) is 7.16. The van der Waals surface area contributed by atoms with Gasteiger partial charge in [-0.15, -0.1) is 11.3 Å². The molecule has 5 nitrogen and oxygen atoms in total. The molecule has 0 spiro atoms. The van der Waals surface area contributed by atoms with Gasteiger partial charge in [0.25, 0.3) is 0 Å². The summed E-state index contributed by atoms with van der Waals surface area (Å²) in [5.74, 6) is 0.0248. The summed E-state index contributed by atoms with van der Waals surface area (Å²) in [5, 5.41) is 13.8. The summed E-state index contributed by atoms with van der Waals surface area (Å²) >= 11 is 4.82. The van der Waals surface area contributed by atoms with Crippen molar-refractivity contribution in [3.8, 4) is 0 Å². The third-order valence-electron chi connectivity index (χ3n) is 4.42. The SMILES string of the molecule is CC(C)(C)OC(=O)N1CC2CC1CCC2(O)c1nc(Br)cs1. The van der Waals surface area contributed by atoms with E-state index in [-0.39, 0.29) is 18.1 Å². The topological polar surface area (TPSA) is 62.7 Å². The summed E-state index contributed by atoms with van der Waals surface area (Å²) in [6.07, 6.45) is 1.96. The Hall–Kier alpha value is -0.660. The molecule has 1 N–H and O–H groups in total. The fraction of sp³-hybridized carbons (Fsp3) is 0.733. The van der Waals surface area contributed by atoms with E-state index in [4.69, 9.17) is 4.74 Å². The van der Waals surface area contributed by atoms with Crippen LogP contribution in [0.15, 0.2) is 9.98 Å². The van der Waals surface area contributed by atoms with Crippen LogP contribution >= 0.6 is 27.3 Å². The maximum Gasteiger partial charge on any atom is 0.410 e. The van der Waals surface area contributed by atoms with E-state index in [1.54, 1.807) is 4.90 Å². The van der Waals surface area contributed by atoms with E-state index >= 15 is 0 Å². The molecular weight excluding hydrogens is 368 g/mol. The molecule has 3 atom stereocenters. The third-order valence-corrected chi connectivity index (χ3v) is 6.14. The number of likely N-dealkylation sites (tertiary alicyclic amines) is 1. The Morgan fingerprint density at radius 1 is 1.59 bits per heavy atom. The second-order valence-corrected chi connectivity index (χ2v) is 8.83. The minimum atomic E-state index is -0.927. The van der Waals surface area contributed by atoms with Gasteiger partial charge in [-0.3, -0.25) is 0 Å². The smallest absolute Gasteiger partial charge is 0.410 e. The van der Waals surface area contributed by atoms with Crippen LogP contribution in [0.1, 0.15) is 45.0 Å². The van der Waals surface area contributed by atoms with Crippen molar-refractivity contribution in [2.24, 2.45) is 5.92 Å². The summed E-state index contributed by atoms with van der Waals surface area (Å²) in [6.45, 7) is 6.15. The van der Waals surface area contributed by atoms with Crippen molar-refractivity contribution in [1.29, 1.82) is 0 Å². The number of hydrogen-bond acceptors (Lipinski definition) is 5. The molecule has 1 aliphatic heterocycles. The highest BCUT2D eigenvalue weighted by molar-refractivity contribution is 9.10. The molecule has 2 bridgehead atoms. The van der Waals surface area contributed by atoms with E-state index in [2.05, 4.69) is 20.9 Å². The average molecular weight is 389 g/mol. The van der Waals surface area contributed by atoms with Crippen molar-refractivity contribution >= 4 is 33.4 Å². The van der Waals surface area contributed by atoms with Crippen LogP contribution < -0.4 is 0 Å². The number of thiazole rings is 1. The fourth-order valence-electron chi connectivity index (χ4n) is 3.41. The molecule has 1 aromatic heterocycles. The molecule has 7 heteroatoms. The molecule has 0 aromatic carbocycles. The Labute approximate surface area is 142 Å². The number of ether oxygens (including phenoxy) is 1. The number of fused-ring (bicyclic) bond motifs is 2. The highest BCUT2D eigenvalue weighted by atomic mass is 79.9. The predicted octanol–water partition coefficient (Wildman–Crippen LogP) is 3.51. The zero-order valence-corrected chi connectivity index (χ0v) is 15.4. The van der Waals surface area contributed by atoms with Crippen LogP contribution in [0, 0.1) is 5.92 Å². The molecule has 2 heterocycles. The standard InChI is InChI=1S/C15H21BrN2O3S/c1-14(2,3)21-13(19)18-7-9-6-10(18)4-5-15(9,20)12-17-11(16)8-22-12/h8-10,20H,4-7H2,1-3H3. The number of halogens is 1. The first-order valence-electron chi connectivity index (χ1n) is 7.52. The van der Waals surface area contributed by atoms with Gasteiger partial charge >= 0.3 is 6.09 Å². The number of aromatic nitrogens is 1. The van der Waals surface area contributed by atoms with Crippen molar-refractivity contribution in [2.45, 2.75) is 57.3 Å². The molecular formula is C15H21BrN2O3S. The summed E-state index contributed by atoms with van der Waals surface area (Å²) in [6, 6.07) is 0.170. The number of carbonyl (C=O) groups is 1. The zero-order chi connectivity index (χ0) is 16.1. The summed E-state index contributed by atoms with van der Waals surface area (Å²) < 4.78 is 6.25. The fourth-order valence-corrected chi connectivity index (χ4v) is 4.87. The van der Waals surface area contributed by atoms with E-state index in [0.29, 0.717) is 13.0 Å². The first-order chi connectivity index (χ1) is 10.2. The lowest BCUT2D eigenvalue weighted by Gasteiger charge is -2.35. The van der Waals surface area contributed by atoms with Crippen molar-refractivity contribution in [3.05, 3.63) is 15.0 Å². The van der Waals surface area contributed by atoms with E-state index in [1.165, 1.54) is 11.3 Å². The van der Waals surface area contributed by atoms with Gasteiger partial charge in [0.2, 0.25) is 0 Å². The first kappa shape index (κ1) is 16.2. The van der Waals surface area contributed by atoms with Gasteiger partial charge in [0, 0.05) is 23.9 Å². The third kappa shape index (κ3) is 2.90. The van der Waals surface area contributed by atoms with Crippen LogP contribution in [0.3, 0.4) is 0 Å². The Bertz CT molecular complexity index is 586. The Morgan fingerprint density at radius 3 is 2.91 bits per heavy atom. The van der Waals surface area contributed by atoms with Crippen LogP contribution in [0.25, 0.3) is 0 Å². The molecule has 3 rings (SSSR count). The number of rotatable bonds is 1. The zero-order valence-electron chi connectivity index (χ0n) is 13.0. The van der Waals surface area contributed by atoms with Crippen molar-refractivity contribution in [3.63, 3.8) is 0 Å². The molecule has 1 saturated carbocycles. The summed E-state index contributed by atoms with van der Waals surface area (Å²) in [4.78, 5) is 18.5. The average Bonchev–Trinajstić information content (AvgIpc) is 2.98. The van der Waals surface area contributed by atoms with Crippen LogP contribution in [-0.4, -0.2) is 39.3 Å². The highest BCUT2D eigenvalue weighted by Crippen LogP contribution is 2.48. The van der Waals surface area contributed by atoms with Crippen LogP contribution in [0.2, 0.25) is 0 Å². The minimum absolute atomic E-state index is 0.0248. The lowest BCUT2D eigenvalue weighted by atomic mass is 9.77. The van der Waals surface area contributed by atoms with Gasteiger partial charge in [0.05, 0.1) is 0 Å². The second kappa shape index (κ2) is 5.46. The monoisotopic (exact) mass is 388 g/mol. The van der Waals surface area contributed by atoms with E-state index in [1.807, 2.05) is 26.2 Å². The lowest BCUT2D eigenvalue weighted by molar-refractivity contribution is -0.0391. The van der Waals surface area contributed by atoms with Crippen LogP contribution in [-0.2, 0) is 10.3 Å².